The van der Waals surface area contributed by atoms with Crippen LogP contribution >= 0.6 is 0 Å². The molecule has 0 saturated carbocycles. The molecular formula is C13H13N3O. The van der Waals surface area contributed by atoms with E-state index in [1.807, 2.05) is 47.3 Å². The van der Waals surface area contributed by atoms with Crippen LogP contribution in [0.1, 0.15) is 11.8 Å². The second kappa shape index (κ2) is 4.07. The van der Waals surface area contributed by atoms with Crippen molar-refractivity contribution in [2.45, 2.75) is 6.04 Å². The fraction of sp³-hybridized carbons (Fsp3) is 0.154. The summed E-state index contributed by atoms with van der Waals surface area (Å²) in [5.74, 6) is 0.835. The van der Waals surface area contributed by atoms with Gasteiger partial charge in [0.2, 0.25) is 0 Å². The molecule has 0 aliphatic heterocycles. The monoisotopic (exact) mass is 227 g/mol. The lowest BCUT2D eigenvalue weighted by atomic mass is 10.2. The first-order valence-corrected chi connectivity index (χ1v) is 5.56. The number of benzene rings is 1. The second-order valence-electron chi connectivity index (χ2n) is 3.91. The van der Waals surface area contributed by atoms with Crippen LogP contribution in [0.3, 0.4) is 0 Å². The zero-order valence-electron chi connectivity index (χ0n) is 9.28. The molecule has 2 aromatic heterocycles. The van der Waals surface area contributed by atoms with Crippen molar-refractivity contribution in [2.75, 3.05) is 6.54 Å². The fourth-order valence-corrected chi connectivity index (χ4v) is 2.06. The van der Waals surface area contributed by atoms with E-state index in [2.05, 4.69) is 5.10 Å². The number of furan rings is 1. The molecular weight excluding hydrogens is 214 g/mol. The van der Waals surface area contributed by atoms with Crippen molar-refractivity contribution in [1.82, 2.24) is 9.78 Å². The molecule has 1 atom stereocenters. The van der Waals surface area contributed by atoms with Gasteiger partial charge in [-0.2, -0.15) is 5.10 Å². The van der Waals surface area contributed by atoms with E-state index in [4.69, 9.17) is 10.2 Å². The third-order valence-corrected chi connectivity index (χ3v) is 2.89. The first kappa shape index (κ1) is 10.1. The van der Waals surface area contributed by atoms with Crippen molar-refractivity contribution < 1.29 is 4.42 Å². The highest BCUT2D eigenvalue weighted by Gasteiger charge is 2.17. The van der Waals surface area contributed by atoms with Gasteiger partial charge in [-0.1, -0.05) is 18.2 Å². The van der Waals surface area contributed by atoms with Gasteiger partial charge in [-0.15, -0.1) is 0 Å². The van der Waals surface area contributed by atoms with Gasteiger partial charge >= 0.3 is 0 Å². The van der Waals surface area contributed by atoms with Crippen molar-refractivity contribution in [3.05, 3.63) is 54.6 Å². The highest BCUT2D eigenvalue weighted by molar-refractivity contribution is 5.78. The van der Waals surface area contributed by atoms with Crippen molar-refractivity contribution >= 4 is 10.9 Å². The van der Waals surface area contributed by atoms with E-state index in [1.165, 1.54) is 0 Å². The molecule has 3 rings (SSSR count). The SMILES string of the molecule is NCC(c1ccco1)n1ncc2ccccc21. The van der Waals surface area contributed by atoms with Crippen LogP contribution in [-0.4, -0.2) is 16.3 Å². The van der Waals surface area contributed by atoms with Crippen LogP contribution in [0.25, 0.3) is 10.9 Å². The van der Waals surface area contributed by atoms with Crippen molar-refractivity contribution in [1.29, 1.82) is 0 Å². The summed E-state index contributed by atoms with van der Waals surface area (Å²) in [5.41, 5.74) is 6.89. The second-order valence-corrected chi connectivity index (χ2v) is 3.91. The predicted octanol–water partition coefficient (Wildman–Crippen LogP) is 2.18. The van der Waals surface area contributed by atoms with Gasteiger partial charge in [0.1, 0.15) is 11.8 Å². The Morgan fingerprint density at radius 1 is 1.24 bits per heavy atom. The molecule has 0 radical (unpaired) electrons. The maximum atomic E-state index is 5.83. The van der Waals surface area contributed by atoms with E-state index in [9.17, 15) is 0 Å². The molecule has 0 fully saturated rings. The van der Waals surface area contributed by atoms with Gasteiger partial charge < -0.3 is 10.2 Å². The summed E-state index contributed by atoms with van der Waals surface area (Å²) < 4.78 is 7.33. The zero-order chi connectivity index (χ0) is 11.7. The number of hydrogen-bond donors (Lipinski definition) is 1. The molecule has 0 amide bonds. The lowest BCUT2D eigenvalue weighted by Gasteiger charge is -2.13. The molecule has 86 valence electrons. The highest BCUT2D eigenvalue weighted by Crippen LogP contribution is 2.22. The Kier molecular flexibility index (Phi) is 2.42. The normalized spacial score (nSPS) is 13.0. The third kappa shape index (κ3) is 1.62. The maximum absolute atomic E-state index is 5.83. The van der Waals surface area contributed by atoms with Gasteiger partial charge in [-0.3, -0.25) is 4.68 Å². The van der Waals surface area contributed by atoms with Gasteiger partial charge in [0, 0.05) is 11.9 Å². The first-order chi connectivity index (χ1) is 8.40. The Morgan fingerprint density at radius 2 is 2.12 bits per heavy atom. The van der Waals surface area contributed by atoms with Crippen LogP contribution in [0.5, 0.6) is 0 Å². The van der Waals surface area contributed by atoms with Crippen LogP contribution in [0.2, 0.25) is 0 Å². The van der Waals surface area contributed by atoms with Gasteiger partial charge in [0.25, 0.3) is 0 Å². The summed E-state index contributed by atoms with van der Waals surface area (Å²) in [6.45, 7) is 0.458. The molecule has 0 saturated heterocycles. The number of rotatable bonds is 3. The minimum Gasteiger partial charge on any atom is -0.467 e. The largest absolute Gasteiger partial charge is 0.467 e. The van der Waals surface area contributed by atoms with Gasteiger partial charge in [-0.05, 0) is 18.2 Å². The van der Waals surface area contributed by atoms with Crippen LogP contribution in [0.4, 0.5) is 0 Å². The number of para-hydroxylation sites is 1. The average Bonchev–Trinajstić information content (AvgIpc) is 3.01. The molecule has 4 nitrogen and oxygen atoms in total. The molecule has 1 unspecified atom stereocenters. The molecule has 1 aromatic carbocycles. The Morgan fingerprint density at radius 3 is 2.88 bits per heavy atom. The standard InChI is InChI=1S/C13H13N3O/c14-8-12(13-6-3-7-17-13)16-11-5-2-1-4-10(11)9-15-16/h1-7,9,12H,8,14H2. The van der Waals surface area contributed by atoms with Gasteiger partial charge in [-0.25, -0.2) is 0 Å². The lowest BCUT2D eigenvalue weighted by Crippen LogP contribution is -2.20. The molecule has 17 heavy (non-hydrogen) atoms. The van der Waals surface area contributed by atoms with E-state index in [0.717, 1.165) is 16.7 Å². The molecule has 4 heteroatoms. The predicted molar refractivity (Wildman–Crippen MR) is 65.6 cm³/mol. The Balaban J connectivity index is 2.13. The summed E-state index contributed by atoms with van der Waals surface area (Å²) in [7, 11) is 0. The van der Waals surface area contributed by atoms with E-state index in [1.54, 1.807) is 6.26 Å². The summed E-state index contributed by atoms with van der Waals surface area (Å²) in [4.78, 5) is 0. The number of nitrogens with two attached hydrogens (primary N) is 1. The van der Waals surface area contributed by atoms with E-state index >= 15 is 0 Å². The summed E-state index contributed by atoms with van der Waals surface area (Å²) in [5, 5.41) is 5.51. The van der Waals surface area contributed by atoms with E-state index < -0.39 is 0 Å². The van der Waals surface area contributed by atoms with Crippen molar-refractivity contribution in [3.8, 4) is 0 Å². The minimum absolute atomic E-state index is 0.0510. The highest BCUT2D eigenvalue weighted by atomic mass is 16.3. The lowest BCUT2D eigenvalue weighted by molar-refractivity contribution is 0.417. The first-order valence-electron chi connectivity index (χ1n) is 5.56. The quantitative estimate of drug-likeness (QED) is 0.746. The minimum atomic E-state index is -0.0510. The molecule has 2 N–H and O–H groups in total. The number of fused-ring (bicyclic) bond motifs is 1. The van der Waals surface area contributed by atoms with E-state index in [0.29, 0.717) is 6.54 Å². The average molecular weight is 227 g/mol. The van der Waals surface area contributed by atoms with Crippen LogP contribution in [0.15, 0.2) is 53.3 Å². The molecule has 0 spiro atoms. The Hall–Kier alpha value is -2.07. The van der Waals surface area contributed by atoms with Gasteiger partial charge in [0.15, 0.2) is 0 Å². The van der Waals surface area contributed by atoms with Crippen LogP contribution in [-0.2, 0) is 0 Å². The summed E-state index contributed by atoms with van der Waals surface area (Å²) >= 11 is 0. The number of nitrogens with zero attached hydrogens (tertiary/aromatic N) is 2. The molecule has 0 aliphatic rings. The zero-order valence-corrected chi connectivity index (χ0v) is 9.28. The molecule has 0 aliphatic carbocycles. The number of aromatic nitrogens is 2. The van der Waals surface area contributed by atoms with Crippen LogP contribution < -0.4 is 5.73 Å². The number of hydrogen-bond acceptors (Lipinski definition) is 3. The van der Waals surface area contributed by atoms with Crippen molar-refractivity contribution in [2.24, 2.45) is 5.73 Å². The smallest absolute Gasteiger partial charge is 0.129 e. The molecule has 3 aromatic rings. The van der Waals surface area contributed by atoms with Crippen LogP contribution in [0, 0.1) is 0 Å². The topological polar surface area (TPSA) is 57.0 Å². The van der Waals surface area contributed by atoms with E-state index in [-0.39, 0.29) is 6.04 Å². The summed E-state index contributed by atoms with van der Waals surface area (Å²) in [6, 6.07) is 11.8. The Labute approximate surface area is 98.6 Å². The van der Waals surface area contributed by atoms with Gasteiger partial charge in [0.05, 0.1) is 18.0 Å². The van der Waals surface area contributed by atoms with Crippen molar-refractivity contribution in [3.63, 3.8) is 0 Å². The molecule has 2 heterocycles. The fourth-order valence-electron chi connectivity index (χ4n) is 2.06. The third-order valence-electron chi connectivity index (χ3n) is 2.89. The molecule has 0 bridgehead atoms. The summed E-state index contributed by atoms with van der Waals surface area (Å²) in [6.07, 6.45) is 3.50. The Bertz CT molecular complexity index is 612. The maximum Gasteiger partial charge on any atom is 0.129 e.